The fourth-order valence-corrected chi connectivity index (χ4v) is 1.71. The average molecular weight is 162 g/mol. The van der Waals surface area contributed by atoms with Crippen molar-refractivity contribution in [1.82, 2.24) is 0 Å². The van der Waals surface area contributed by atoms with Gasteiger partial charge in [0, 0.05) is 0 Å². The highest BCUT2D eigenvalue weighted by molar-refractivity contribution is 4.81. The summed E-state index contributed by atoms with van der Waals surface area (Å²) in [6.45, 7) is 3.60. The third-order valence-electron chi connectivity index (χ3n) is 2.71. The van der Waals surface area contributed by atoms with Gasteiger partial charge in [0.1, 0.15) is 12.3 Å². The van der Waals surface area contributed by atoms with Gasteiger partial charge in [0.2, 0.25) is 0 Å². The van der Waals surface area contributed by atoms with Gasteiger partial charge in [-0.15, -0.1) is 0 Å². The molecule has 0 aromatic carbocycles. The standard InChI is InChI=1S/C9H16F2/c1-6-4-3-5-7(2)9(11)8(6)10/h6-9H,3-5H2,1-2H3. The average Bonchev–Trinajstić information content (AvgIpc) is 2.07. The van der Waals surface area contributed by atoms with Crippen molar-refractivity contribution in [3.05, 3.63) is 0 Å². The Labute approximate surface area is 67.0 Å². The summed E-state index contributed by atoms with van der Waals surface area (Å²) in [6.07, 6.45) is 0.195. The summed E-state index contributed by atoms with van der Waals surface area (Å²) in [5.74, 6) is -0.176. The van der Waals surface area contributed by atoms with Crippen LogP contribution < -0.4 is 0 Å². The second-order valence-corrected chi connectivity index (χ2v) is 3.77. The monoisotopic (exact) mass is 162 g/mol. The fourth-order valence-electron chi connectivity index (χ4n) is 1.71. The van der Waals surface area contributed by atoms with E-state index in [4.69, 9.17) is 0 Å². The minimum atomic E-state index is -1.23. The zero-order valence-corrected chi connectivity index (χ0v) is 7.19. The first-order valence-corrected chi connectivity index (χ1v) is 4.41. The highest BCUT2D eigenvalue weighted by Crippen LogP contribution is 2.31. The van der Waals surface area contributed by atoms with Gasteiger partial charge in [-0.05, 0) is 24.7 Å². The quantitative estimate of drug-likeness (QED) is 0.480. The van der Waals surface area contributed by atoms with E-state index in [9.17, 15) is 8.78 Å². The Morgan fingerprint density at radius 3 is 1.64 bits per heavy atom. The lowest BCUT2D eigenvalue weighted by Gasteiger charge is -2.19. The van der Waals surface area contributed by atoms with Gasteiger partial charge in [0.15, 0.2) is 0 Å². The summed E-state index contributed by atoms with van der Waals surface area (Å²) in [4.78, 5) is 0. The van der Waals surface area contributed by atoms with Crippen LogP contribution in [0.4, 0.5) is 8.78 Å². The summed E-state index contributed by atoms with van der Waals surface area (Å²) >= 11 is 0. The molecular weight excluding hydrogens is 146 g/mol. The molecule has 0 nitrogen and oxygen atoms in total. The normalized spacial score (nSPS) is 46.9. The first-order valence-electron chi connectivity index (χ1n) is 4.41. The molecule has 66 valence electrons. The van der Waals surface area contributed by atoms with Gasteiger partial charge in [-0.3, -0.25) is 0 Å². The molecule has 0 aromatic heterocycles. The largest absolute Gasteiger partial charge is 0.244 e. The highest BCUT2D eigenvalue weighted by Gasteiger charge is 2.33. The van der Waals surface area contributed by atoms with Gasteiger partial charge in [-0.25, -0.2) is 8.78 Å². The predicted molar refractivity (Wildman–Crippen MR) is 42.0 cm³/mol. The molecule has 4 atom stereocenters. The highest BCUT2D eigenvalue weighted by atomic mass is 19.2. The van der Waals surface area contributed by atoms with Crippen LogP contribution in [0.15, 0.2) is 0 Å². The second kappa shape index (κ2) is 3.51. The molecule has 1 fully saturated rings. The molecule has 0 heterocycles. The molecule has 0 radical (unpaired) electrons. The summed E-state index contributed by atoms with van der Waals surface area (Å²) in [5.41, 5.74) is 0. The molecule has 11 heavy (non-hydrogen) atoms. The molecule has 1 aliphatic rings. The minimum Gasteiger partial charge on any atom is -0.244 e. The van der Waals surface area contributed by atoms with Gasteiger partial charge in [0.05, 0.1) is 0 Å². The van der Waals surface area contributed by atoms with E-state index in [1.54, 1.807) is 13.8 Å². The van der Waals surface area contributed by atoms with Crippen LogP contribution >= 0.6 is 0 Å². The number of alkyl halides is 2. The van der Waals surface area contributed by atoms with Crippen molar-refractivity contribution in [2.45, 2.75) is 45.5 Å². The van der Waals surface area contributed by atoms with Gasteiger partial charge in [0.25, 0.3) is 0 Å². The van der Waals surface area contributed by atoms with Crippen LogP contribution in [0.2, 0.25) is 0 Å². The molecule has 2 heteroatoms. The summed E-state index contributed by atoms with van der Waals surface area (Å²) < 4.78 is 26.2. The van der Waals surface area contributed by atoms with Crippen LogP contribution in [0.1, 0.15) is 33.1 Å². The van der Waals surface area contributed by atoms with Crippen molar-refractivity contribution in [3.63, 3.8) is 0 Å². The molecule has 1 saturated carbocycles. The summed E-state index contributed by atoms with van der Waals surface area (Å²) in [5, 5.41) is 0. The van der Waals surface area contributed by atoms with Crippen LogP contribution in [-0.2, 0) is 0 Å². The lowest BCUT2D eigenvalue weighted by Crippen LogP contribution is -2.27. The van der Waals surface area contributed by atoms with Gasteiger partial charge in [-0.1, -0.05) is 20.3 Å². The first-order chi connectivity index (χ1) is 5.13. The Balaban J connectivity index is 2.58. The molecule has 0 aromatic rings. The first kappa shape index (κ1) is 8.95. The SMILES string of the molecule is CC1CCCC(C)C(F)C1F. The smallest absolute Gasteiger partial charge is 0.134 e. The molecule has 4 unspecified atom stereocenters. The van der Waals surface area contributed by atoms with E-state index in [2.05, 4.69) is 0 Å². The molecule has 1 rings (SSSR count). The zero-order valence-electron chi connectivity index (χ0n) is 7.19. The number of halogens is 2. The van der Waals surface area contributed by atoms with E-state index in [0.717, 1.165) is 19.3 Å². The Morgan fingerprint density at radius 1 is 0.909 bits per heavy atom. The van der Waals surface area contributed by atoms with Gasteiger partial charge in [-0.2, -0.15) is 0 Å². The van der Waals surface area contributed by atoms with Crippen molar-refractivity contribution in [3.8, 4) is 0 Å². The van der Waals surface area contributed by atoms with Crippen LogP contribution in [0.25, 0.3) is 0 Å². The van der Waals surface area contributed by atoms with Gasteiger partial charge >= 0.3 is 0 Å². The van der Waals surface area contributed by atoms with Crippen molar-refractivity contribution < 1.29 is 8.78 Å². The lowest BCUT2D eigenvalue weighted by atomic mass is 9.97. The molecule has 0 bridgehead atoms. The minimum absolute atomic E-state index is 0.0880. The molecule has 0 saturated heterocycles. The van der Waals surface area contributed by atoms with E-state index < -0.39 is 12.3 Å². The Kier molecular flexibility index (Phi) is 2.85. The topological polar surface area (TPSA) is 0 Å². The van der Waals surface area contributed by atoms with Crippen LogP contribution in [0, 0.1) is 11.8 Å². The zero-order chi connectivity index (χ0) is 8.43. The van der Waals surface area contributed by atoms with Crippen LogP contribution in [0.5, 0.6) is 0 Å². The maximum absolute atomic E-state index is 13.1. The van der Waals surface area contributed by atoms with Crippen molar-refractivity contribution in [1.29, 1.82) is 0 Å². The van der Waals surface area contributed by atoms with E-state index >= 15 is 0 Å². The maximum atomic E-state index is 13.1. The third kappa shape index (κ3) is 1.91. The van der Waals surface area contributed by atoms with E-state index in [-0.39, 0.29) is 11.8 Å². The number of hydrogen-bond donors (Lipinski definition) is 0. The Bertz CT molecular complexity index is 111. The third-order valence-corrected chi connectivity index (χ3v) is 2.71. The molecule has 0 N–H and O–H groups in total. The molecular formula is C9H16F2. The van der Waals surface area contributed by atoms with Crippen LogP contribution in [-0.4, -0.2) is 12.3 Å². The fraction of sp³-hybridized carbons (Fsp3) is 1.00. The maximum Gasteiger partial charge on any atom is 0.134 e. The Morgan fingerprint density at radius 2 is 1.27 bits per heavy atom. The van der Waals surface area contributed by atoms with E-state index in [1.807, 2.05) is 0 Å². The van der Waals surface area contributed by atoms with Gasteiger partial charge < -0.3 is 0 Å². The second-order valence-electron chi connectivity index (χ2n) is 3.77. The number of rotatable bonds is 0. The lowest BCUT2D eigenvalue weighted by molar-refractivity contribution is 0.0903. The van der Waals surface area contributed by atoms with Crippen molar-refractivity contribution in [2.75, 3.05) is 0 Å². The summed E-state index contributed by atoms with van der Waals surface area (Å²) in [7, 11) is 0. The molecule has 1 aliphatic carbocycles. The molecule has 0 amide bonds. The molecule has 0 aliphatic heterocycles. The summed E-state index contributed by atoms with van der Waals surface area (Å²) in [6, 6.07) is 0. The van der Waals surface area contributed by atoms with E-state index in [0.29, 0.717) is 0 Å². The van der Waals surface area contributed by atoms with Crippen molar-refractivity contribution >= 4 is 0 Å². The Hall–Kier alpha value is -0.140. The number of hydrogen-bond acceptors (Lipinski definition) is 0. The van der Waals surface area contributed by atoms with Crippen molar-refractivity contribution in [2.24, 2.45) is 11.8 Å². The molecule has 0 spiro atoms. The predicted octanol–water partition coefficient (Wildman–Crippen LogP) is 3.12. The van der Waals surface area contributed by atoms with E-state index in [1.165, 1.54) is 0 Å². The van der Waals surface area contributed by atoms with Crippen LogP contribution in [0.3, 0.4) is 0 Å².